The van der Waals surface area contributed by atoms with Crippen LogP contribution in [0.5, 0.6) is 11.5 Å². The minimum absolute atomic E-state index is 0.313. The molecular formula is C15H10ClF4NO4S. The first kappa shape index (κ1) is 20.0. The number of carbonyl (C=O) groups is 1. The average molecular weight is 412 g/mol. The highest BCUT2D eigenvalue weighted by atomic mass is 35.5. The number of nitrogens with one attached hydrogen (secondary N) is 1. The lowest BCUT2D eigenvalue weighted by Crippen LogP contribution is -2.29. The molecule has 2 rings (SSSR count). The third-order valence-corrected chi connectivity index (χ3v) is 3.83. The van der Waals surface area contributed by atoms with Crippen LogP contribution in [0.3, 0.4) is 0 Å². The fourth-order valence-electron chi connectivity index (χ4n) is 1.86. The Balaban J connectivity index is 2.28. The van der Waals surface area contributed by atoms with Crippen molar-refractivity contribution >= 4 is 27.5 Å². The number of benzene rings is 2. The summed E-state index contributed by atoms with van der Waals surface area (Å²) in [5.74, 6) is -2.93. The van der Waals surface area contributed by atoms with Gasteiger partial charge in [0.2, 0.25) is 10.0 Å². The zero-order valence-corrected chi connectivity index (χ0v) is 14.5. The molecule has 0 aliphatic carbocycles. The van der Waals surface area contributed by atoms with Crippen molar-refractivity contribution in [3.63, 3.8) is 0 Å². The van der Waals surface area contributed by atoms with Gasteiger partial charge in [-0.15, -0.1) is 0 Å². The summed E-state index contributed by atoms with van der Waals surface area (Å²) in [7, 11) is -3.84. The van der Waals surface area contributed by atoms with Gasteiger partial charge in [0.1, 0.15) is 5.75 Å². The molecule has 0 aromatic heterocycles. The number of sulfonamides is 1. The molecule has 0 aliphatic heterocycles. The highest BCUT2D eigenvalue weighted by Gasteiger charge is 2.33. The Kier molecular flexibility index (Phi) is 5.47. The van der Waals surface area contributed by atoms with Gasteiger partial charge in [-0.2, -0.15) is 13.2 Å². The number of rotatable bonds is 4. The average Bonchev–Trinajstić information content (AvgIpc) is 2.48. The molecule has 2 aromatic rings. The molecule has 1 amide bonds. The maximum absolute atomic E-state index is 14.0. The molecule has 140 valence electrons. The van der Waals surface area contributed by atoms with Gasteiger partial charge >= 0.3 is 6.18 Å². The molecular weight excluding hydrogens is 402 g/mol. The van der Waals surface area contributed by atoms with Crippen LogP contribution in [-0.4, -0.2) is 20.6 Å². The van der Waals surface area contributed by atoms with Gasteiger partial charge in [-0.25, -0.2) is 17.5 Å². The highest BCUT2D eigenvalue weighted by Crippen LogP contribution is 2.38. The van der Waals surface area contributed by atoms with Crippen molar-refractivity contribution in [2.45, 2.75) is 6.18 Å². The minimum Gasteiger partial charge on any atom is -0.454 e. The van der Waals surface area contributed by atoms with E-state index in [2.05, 4.69) is 0 Å². The summed E-state index contributed by atoms with van der Waals surface area (Å²) < 4.78 is 81.2. The van der Waals surface area contributed by atoms with E-state index in [0.29, 0.717) is 12.1 Å². The van der Waals surface area contributed by atoms with Gasteiger partial charge in [-0.3, -0.25) is 4.79 Å². The van der Waals surface area contributed by atoms with Crippen molar-refractivity contribution in [1.29, 1.82) is 0 Å². The summed E-state index contributed by atoms with van der Waals surface area (Å²) in [6.45, 7) is 0. The van der Waals surface area contributed by atoms with E-state index >= 15 is 0 Å². The Morgan fingerprint density at radius 3 is 2.35 bits per heavy atom. The van der Waals surface area contributed by atoms with E-state index in [9.17, 15) is 30.8 Å². The van der Waals surface area contributed by atoms with Gasteiger partial charge in [0.25, 0.3) is 5.91 Å². The van der Waals surface area contributed by atoms with Gasteiger partial charge in [0.05, 0.1) is 16.8 Å². The van der Waals surface area contributed by atoms with E-state index in [4.69, 9.17) is 16.3 Å². The van der Waals surface area contributed by atoms with E-state index < -0.39 is 44.3 Å². The lowest BCUT2D eigenvalue weighted by Gasteiger charge is -2.12. The Labute approximate surface area is 150 Å². The van der Waals surface area contributed by atoms with E-state index in [1.165, 1.54) is 0 Å². The number of hydrogen-bond acceptors (Lipinski definition) is 4. The topological polar surface area (TPSA) is 72.5 Å². The minimum atomic E-state index is -4.72. The van der Waals surface area contributed by atoms with E-state index in [-0.39, 0.29) is 11.3 Å². The molecule has 0 saturated carbocycles. The van der Waals surface area contributed by atoms with Crippen LogP contribution in [0.2, 0.25) is 5.02 Å². The van der Waals surface area contributed by atoms with Crippen molar-refractivity contribution in [1.82, 2.24) is 4.72 Å². The maximum atomic E-state index is 14.0. The Morgan fingerprint density at radius 2 is 1.81 bits per heavy atom. The van der Waals surface area contributed by atoms with Crippen molar-refractivity contribution < 1.29 is 35.5 Å². The van der Waals surface area contributed by atoms with Crippen molar-refractivity contribution in [3.8, 4) is 11.5 Å². The lowest BCUT2D eigenvalue weighted by atomic mass is 10.2. The predicted molar refractivity (Wildman–Crippen MR) is 85.2 cm³/mol. The van der Waals surface area contributed by atoms with E-state index in [1.807, 2.05) is 0 Å². The van der Waals surface area contributed by atoms with Crippen LogP contribution in [0.4, 0.5) is 17.6 Å². The third kappa shape index (κ3) is 5.09. The standard InChI is InChI=1S/C15H10ClF4NO4S/c1-26(23,24)21-14(22)8-2-5-13(12(17)6-8)25-9-3-4-11(16)10(7-9)15(18,19)20/h2-7H,1H3,(H,21,22). The Morgan fingerprint density at radius 1 is 1.15 bits per heavy atom. The number of halogens is 5. The molecule has 0 fully saturated rings. The lowest BCUT2D eigenvalue weighted by molar-refractivity contribution is -0.137. The molecule has 26 heavy (non-hydrogen) atoms. The first-order valence-corrected chi connectivity index (χ1v) is 9.00. The smallest absolute Gasteiger partial charge is 0.417 e. The quantitative estimate of drug-likeness (QED) is 0.772. The molecule has 0 aliphatic rings. The first-order valence-electron chi connectivity index (χ1n) is 6.73. The molecule has 0 saturated heterocycles. The van der Waals surface area contributed by atoms with Gasteiger partial charge < -0.3 is 4.74 Å². The summed E-state index contributed by atoms with van der Waals surface area (Å²) >= 11 is 5.48. The van der Waals surface area contributed by atoms with E-state index in [0.717, 1.165) is 30.5 Å². The van der Waals surface area contributed by atoms with Crippen LogP contribution in [0.25, 0.3) is 0 Å². The molecule has 1 N–H and O–H groups in total. The molecule has 0 spiro atoms. The summed E-state index contributed by atoms with van der Waals surface area (Å²) in [6.07, 6.45) is -3.97. The summed E-state index contributed by atoms with van der Waals surface area (Å²) in [5.41, 5.74) is -1.46. The second-order valence-electron chi connectivity index (χ2n) is 5.09. The molecule has 0 unspecified atom stereocenters. The normalized spacial score (nSPS) is 11.9. The van der Waals surface area contributed by atoms with Crippen LogP contribution in [0.15, 0.2) is 36.4 Å². The summed E-state index contributed by atoms with van der Waals surface area (Å²) in [5, 5.41) is -0.543. The molecule has 2 aromatic carbocycles. The number of ether oxygens (including phenoxy) is 1. The zero-order chi connectivity index (χ0) is 19.7. The molecule has 0 heterocycles. The molecule has 11 heteroatoms. The number of amides is 1. The SMILES string of the molecule is CS(=O)(=O)NC(=O)c1ccc(Oc2ccc(Cl)c(C(F)(F)F)c2)c(F)c1. The second-order valence-corrected chi connectivity index (χ2v) is 7.25. The number of hydrogen-bond donors (Lipinski definition) is 1. The van der Waals surface area contributed by atoms with Gasteiger partial charge in [-0.1, -0.05) is 11.6 Å². The zero-order valence-electron chi connectivity index (χ0n) is 12.9. The number of alkyl halides is 3. The van der Waals surface area contributed by atoms with Crippen LogP contribution in [-0.2, 0) is 16.2 Å². The fraction of sp³-hybridized carbons (Fsp3) is 0.133. The Hall–Kier alpha value is -2.33. The van der Waals surface area contributed by atoms with Crippen LogP contribution in [0, 0.1) is 5.82 Å². The summed E-state index contributed by atoms with van der Waals surface area (Å²) in [6, 6.07) is 5.39. The second kappa shape index (κ2) is 7.12. The van der Waals surface area contributed by atoms with Crippen molar-refractivity contribution in [3.05, 3.63) is 58.4 Å². The molecule has 0 radical (unpaired) electrons. The van der Waals surface area contributed by atoms with Gasteiger partial charge in [-0.05, 0) is 36.4 Å². The van der Waals surface area contributed by atoms with Gasteiger partial charge in [0, 0.05) is 5.56 Å². The first-order chi connectivity index (χ1) is 11.9. The van der Waals surface area contributed by atoms with Crippen LogP contribution >= 0.6 is 11.6 Å². The molecule has 0 atom stereocenters. The highest BCUT2D eigenvalue weighted by molar-refractivity contribution is 7.89. The molecule has 0 bridgehead atoms. The van der Waals surface area contributed by atoms with Crippen LogP contribution in [0.1, 0.15) is 15.9 Å². The largest absolute Gasteiger partial charge is 0.454 e. The Bertz CT molecular complexity index is 961. The van der Waals surface area contributed by atoms with Crippen molar-refractivity contribution in [2.75, 3.05) is 6.26 Å². The maximum Gasteiger partial charge on any atom is 0.417 e. The fourth-order valence-corrected chi connectivity index (χ4v) is 2.54. The van der Waals surface area contributed by atoms with Crippen LogP contribution < -0.4 is 9.46 Å². The van der Waals surface area contributed by atoms with Crippen molar-refractivity contribution in [2.24, 2.45) is 0 Å². The van der Waals surface area contributed by atoms with Gasteiger partial charge in [0.15, 0.2) is 11.6 Å². The third-order valence-electron chi connectivity index (χ3n) is 2.94. The summed E-state index contributed by atoms with van der Waals surface area (Å²) in [4.78, 5) is 11.6. The molecule has 5 nitrogen and oxygen atoms in total. The number of carbonyl (C=O) groups excluding carboxylic acids is 1. The van der Waals surface area contributed by atoms with E-state index in [1.54, 1.807) is 4.72 Å². The monoisotopic (exact) mass is 411 g/mol. The predicted octanol–water partition coefficient (Wildman–Crippen LogP) is 3.98.